The first-order valence-corrected chi connectivity index (χ1v) is 11.4. The first kappa shape index (κ1) is 22.5. The summed E-state index contributed by atoms with van der Waals surface area (Å²) < 4.78 is 12.7. The zero-order valence-corrected chi connectivity index (χ0v) is 19.7. The highest BCUT2D eigenvalue weighted by Gasteiger charge is 2.15. The summed E-state index contributed by atoms with van der Waals surface area (Å²) in [5.41, 5.74) is 3.57. The highest BCUT2D eigenvalue weighted by atomic mass is 79.9. The summed E-state index contributed by atoms with van der Waals surface area (Å²) in [4.78, 5) is 0. The number of methoxy groups -OCH3 is 1. The van der Waals surface area contributed by atoms with Gasteiger partial charge in [-0.15, -0.1) is 0 Å². The zero-order chi connectivity index (χ0) is 20.6. The molecule has 2 aromatic carbocycles. The molecule has 1 aliphatic carbocycles. The van der Waals surface area contributed by atoms with Crippen LogP contribution in [0.25, 0.3) is 0 Å². The minimum absolute atomic E-state index is 0.379. The Balaban J connectivity index is 1.67. The average molecular weight is 499 g/mol. The van der Waals surface area contributed by atoms with Gasteiger partial charge >= 0.3 is 0 Å². The van der Waals surface area contributed by atoms with E-state index in [1.807, 2.05) is 24.3 Å². The molecule has 3 rings (SSSR count). The van der Waals surface area contributed by atoms with E-state index in [4.69, 9.17) is 32.7 Å². The molecule has 0 aliphatic heterocycles. The van der Waals surface area contributed by atoms with Crippen molar-refractivity contribution in [2.75, 3.05) is 13.7 Å². The number of hydrogen-bond acceptors (Lipinski definition) is 3. The van der Waals surface area contributed by atoms with Gasteiger partial charge in [-0.2, -0.15) is 0 Å². The van der Waals surface area contributed by atoms with Crippen molar-refractivity contribution in [2.45, 2.75) is 45.3 Å². The molecule has 0 unspecified atom stereocenters. The number of halogens is 3. The normalized spacial score (nSPS) is 13.9. The summed E-state index contributed by atoms with van der Waals surface area (Å²) in [5.74, 6) is 1.44. The summed E-state index contributed by atoms with van der Waals surface area (Å²) >= 11 is 15.8. The smallest absolute Gasteiger partial charge is 0.167 e. The summed E-state index contributed by atoms with van der Waals surface area (Å²) in [6, 6.07) is 9.41. The summed E-state index contributed by atoms with van der Waals surface area (Å²) in [7, 11) is 1.65. The summed E-state index contributed by atoms with van der Waals surface area (Å²) in [6.45, 7) is 2.02. The van der Waals surface area contributed by atoms with Crippen LogP contribution in [0.4, 0.5) is 0 Å². The number of benzene rings is 2. The molecule has 0 heterocycles. The molecule has 0 atom stereocenters. The van der Waals surface area contributed by atoms with Gasteiger partial charge in [0.1, 0.15) is 6.61 Å². The SMILES string of the molecule is COc1ccc(Br)c(CNCCC2=CCCCC2)c1OCc1ccc(Cl)c(Cl)c1. The molecule has 0 radical (unpaired) electrons. The fourth-order valence-corrected chi connectivity index (χ4v) is 4.22. The lowest BCUT2D eigenvalue weighted by molar-refractivity contribution is 0.280. The van der Waals surface area contributed by atoms with Gasteiger partial charge in [0.05, 0.1) is 17.2 Å². The van der Waals surface area contributed by atoms with Crippen molar-refractivity contribution in [3.8, 4) is 11.5 Å². The van der Waals surface area contributed by atoms with Crippen molar-refractivity contribution >= 4 is 39.1 Å². The van der Waals surface area contributed by atoms with Crippen molar-refractivity contribution in [3.63, 3.8) is 0 Å². The van der Waals surface area contributed by atoms with Crippen molar-refractivity contribution < 1.29 is 9.47 Å². The van der Waals surface area contributed by atoms with E-state index in [0.717, 1.165) is 34.3 Å². The maximum atomic E-state index is 6.16. The first-order valence-electron chi connectivity index (χ1n) is 9.89. The summed E-state index contributed by atoms with van der Waals surface area (Å²) in [5, 5.41) is 4.61. The Morgan fingerprint density at radius 1 is 1.10 bits per heavy atom. The van der Waals surface area contributed by atoms with E-state index in [0.29, 0.717) is 28.9 Å². The Morgan fingerprint density at radius 2 is 1.97 bits per heavy atom. The molecule has 0 aromatic heterocycles. The van der Waals surface area contributed by atoms with E-state index in [-0.39, 0.29) is 0 Å². The lowest BCUT2D eigenvalue weighted by Gasteiger charge is -2.18. The quantitative estimate of drug-likeness (QED) is 0.290. The van der Waals surface area contributed by atoms with E-state index in [2.05, 4.69) is 27.3 Å². The third kappa shape index (κ3) is 6.39. The van der Waals surface area contributed by atoms with Crippen molar-refractivity contribution in [1.29, 1.82) is 0 Å². The van der Waals surface area contributed by atoms with Crippen LogP contribution in [-0.4, -0.2) is 13.7 Å². The van der Waals surface area contributed by atoms with Crippen LogP contribution in [0.2, 0.25) is 10.0 Å². The van der Waals surface area contributed by atoms with Gasteiger partial charge in [-0.25, -0.2) is 0 Å². The molecule has 1 aliphatic rings. The molecule has 1 N–H and O–H groups in total. The van der Waals surface area contributed by atoms with Crippen LogP contribution in [0.5, 0.6) is 11.5 Å². The molecule has 0 spiro atoms. The third-order valence-electron chi connectivity index (χ3n) is 5.06. The zero-order valence-electron chi connectivity index (χ0n) is 16.6. The standard InChI is InChI=1S/C23H26BrCl2NO2/c1-28-22-10-8-19(24)18(14-27-12-11-16-5-3-2-4-6-16)23(22)29-15-17-7-9-20(25)21(26)13-17/h5,7-10,13,27H,2-4,6,11-12,14-15H2,1H3. The van der Waals surface area contributed by atoms with E-state index in [1.165, 1.54) is 25.7 Å². The molecule has 2 aromatic rings. The Hall–Kier alpha value is -1.20. The van der Waals surface area contributed by atoms with Gasteiger partial charge in [-0.3, -0.25) is 0 Å². The molecule has 6 heteroatoms. The van der Waals surface area contributed by atoms with E-state index < -0.39 is 0 Å². The van der Waals surface area contributed by atoms with Gasteiger partial charge in [-0.1, -0.05) is 56.8 Å². The molecular weight excluding hydrogens is 473 g/mol. The van der Waals surface area contributed by atoms with Crippen LogP contribution in [0.1, 0.15) is 43.2 Å². The Kier molecular flexibility index (Phi) is 8.73. The maximum absolute atomic E-state index is 6.16. The average Bonchev–Trinajstić information content (AvgIpc) is 2.74. The highest BCUT2D eigenvalue weighted by molar-refractivity contribution is 9.10. The summed E-state index contributed by atoms with van der Waals surface area (Å²) in [6.07, 6.45) is 8.61. The first-order chi connectivity index (χ1) is 14.1. The van der Waals surface area contributed by atoms with Gasteiger partial charge in [0.25, 0.3) is 0 Å². The fourth-order valence-electron chi connectivity index (χ4n) is 3.44. The Labute approximate surface area is 191 Å². The number of hydrogen-bond donors (Lipinski definition) is 1. The second kappa shape index (κ2) is 11.3. The molecule has 3 nitrogen and oxygen atoms in total. The van der Waals surface area contributed by atoms with Gasteiger partial charge in [-0.05, 0) is 68.5 Å². The molecular formula is C23H26BrCl2NO2. The van der Waals surface area contributed by atoms with E-state index >= 15 is 0 Å². The van der Waals surface area contributed by atoms with Gasteiger partial charge in [0.2, 0.25) is 0 Å². The molecule has 29 heavy (non-hydrogen) atoms. The lowest BCUT2D eigenvalue weighted by Crippen LogP contribution is -2.17. The van der Waals surface area contributed by atoms with E-state index in [1.54, 1.807) is 18.7 Å². The van der Waals surface area contributed by atoms with Crippen molar-refractivity contribution in [3.05, 3.63) is 67.6 Å². The van der Waals surface area contributed by atoms with Crippen LogP contribution in [0.3, 0.4) is 0 Å². The fraction of sp³-hybridized carbons (Fsp3) is 0.391. The van der Waals surface area contributed by atoms with Gasteiger partial charge in [0, 0.05) is 16.6 Å². The number of ether oxygens (including phenoxy) is 2. The monoisotopic (exact) mass is 497 g/mol. The largest absolute Gasteiger partial charge is 0.493 e. The van der Waals surface area contributed by atoms with Gasteiger partial charge in [0.15, 0.2) is 11.5 Å². The topological polar surface area (TPSA) is 30.5 Å². The van der Waals surface area contributed by atoms with Crippen LogP contribution in [0.15, 0.2) is 46.5 Å². The molecule has 0 saturated heterocycles. The Bertz CT molecular complexity index is 870. The third-order valence-corrected chi connectivity index (χ3v) is 6.55. The minimum Gasteiger partial charge on any atom is -0.493 e. The van der Waals surface area contributed by atoms with Crippen molar-refractivity contribution in [1.82, 2.24) is 5.32 Å². The minimum atomic E-state index is 0.379. The number of rotatable bonds is 9. The van der Waals surface area contributed by atoms with Crippen LogP contribution in [0, 0.1) is 0 Å². The lowest BCUT2D eigenvalue weighted by atomic mass is 9.97. The van der Waals surface area contributed by atoms with Crippen LogP contribution < -0.4 is 14.8 Å². The molecule has 0 fully saturated rings. The van der Waals surface area contributed by atoms with Crippen LogP contribution >= 0.6 is 39.1 Å². The second-order valence-corrected chi connectivity index (χ2v) is 8.80. The van der Waals surface area contributed by atoms with E-state index in [9.17, 15) is 0 Å². The predicted molar refractivity (Wildman–Crippen MR) is 124 cm³/mol. The second-order valence-electron chi connectivity index (χ2n) is 7.13. The molecule has 0 saturated carbocycles. The number of allylic oxidation sites excluding steroid dienone is 1. The predicted octanol–water partition coefficient (Wildman–Crippen LogP) is 7.32. The molecule has 0 amide bonds. The molecule has 0 bridgehead atoms. The maximum Gasteiger partial charge on any atom is 0.167 e. The number of nitrogens with one attached hydrogen (secondary N) is 1. The van der Waals surface area contributed by atoms with Gasteiger partial charge < -0.3 is 14.8 Å². The van der Waals surface area contributed by atoms with Crippen molar-refractivity contribution in [2.24, 2.45) is 0 Å². The Morgan fingerprint density at radius 3 is 2.69 bits per heavy atom. The molecule has 156 valence electrons. The van der Waals surface area contributed by atoms with Crippen LogP contribution in [-0.2, 0) is 13.2 Å². The highest BCUT2D eigenvalue weighted by Crippen LogP contribution is 2.37.